The van der Waals surface area contributed by atoms with Gasteiger partial charge in [-0.05, 0) is 6.42 Å². The van der Waals surface area contributed by atoms with Crippen LogP contribution in [0, 0.1) is 0 Å². The summed E-state index contributed by atoms with van der Waals surface area (Å²) < 4.78 is 96.5. The van der Waals surface area contributed by atoms with Crippen molar-refractivity contribution in [3.63, 3.8) is 0 Å². The van der Waals surface area contributed by atoms with Crippen LogP contribution in [-0.4, -0.2) is 30.6 Å². The van der Waals surface area contributed by atoms with Crippen molar-refractivity contribution in [2.24, 2.45) is 0 Å². The van der Waals surface area contributed by atoms with Crippen LogP contribution in [0.3, 0.4) is 0 Å². The van der Waals surface area contributed by atoms with Gasteiger partial charge in [-0.1, -0.05) is 6.92 Å². The van der Waals surface area contributed by atoms with Gasteiger partial charge in [0.15, 0.2) is 6.17 Å². The van der Waals surface area contributed by atoms with Gasteiger partial charge in [-0.2, -0.15) is 22.0 Å². The Hall–Kier alpha value is -0.560. The van der Waals surface area contributed by atoms with Gasteiger partial charge in [0.25, 0.3) is 6.17 Å². The minimum Gasteiger partial charge on any atom is -0.244 e. The summed E-state index contributed by atoms with van der Waals surface area (Å²) in [6.45, 7) is 0.953. The molecule has 0 fully saturated rings. The van der Waals surface area contributed by atoms with Crippen molar-refractivity contribution < 1.29 is 35.1 Å². The molecule has 0 spiro atoms. The lowest BCUT2D eigenvalue weighted by molar-refractivity contribution is -0.264. The molecule has 15 heavy (non-hydrogen) atoms. The number of halogens is 8. The van der Waals surface area contributed by atoms with Crippen LogP contribution in [0.2, 0.25) is 0 Å². The zero-order valence-electron chi connectivity index (χ0n) is 7.46. The summed E-state index contributed by atoms with van der Waals surface area (Å²) >= 11 is 0. The summed E-state index contributed by atoms with van der Waals surface area (Å²) in [5.74, 6) is -5.41. The Morgan fingerprint density at radius 2 is 1.33 bits per heavy atom. The molecule has 0 aliphatic heterocycles. The molecule has 0 aromatic heterocycles. The van der Waals surface area contributed by atoms with Crippen LogP contribution >= 0.6 is 0 Å². The summed E-state index contributed by atoms with van der Waals surface area (Å²) in [5, 5.41) is 0. The summed E-state index contributed by atoms with van der Waals surface area (Å²) in [7, 11) is 0. The van der Waals surface area contributed by atoms with E-state index in [-0.39, 0.29) is 0 Å². The molecule has 0 aromatic rings. The lowest BCUT2D eigenvalue weighted by Crippen LogP contribution is -2.51. The Labute approximate surface area is 80.3 Å². The monoisotopic (exact) mass is 244 g/mol. The van der Waals surface area contributed by atoms with Gasteiger partial charge in [-0.15, -0.1) is 0 Å². The second kappa shape index (κ2) is 4.52. The van der Waals surface area contributed by atoms with E-state index in [1.807, 2.05) is 0 Å². The van der Waals surface area contributed by atoms with E-state index in [2.05, 4.69) is 0 Å². The quantitative estimate of drug-likeness (QED) is 0.662. The Morgan fingerprint density at radius 1 is 0.933 bits per heavy atom. The standard InChI is InChI=1S/C7H8F8/c1-2-3(8)4(9)6(11,12)5(10)7(13,14)15/h3-5H,2H2,1H3/t3?,4?,5-/m0/s1. The first-order valence-corrected chi connectivity index (χ1v) is 3.91. The van der Waals surface area contributed by atoms with E-state index in [9.17, 15) is 35.1 Å². The van der Waals surface area contributed by atoms with Crippen LogP contribution in [-0.2, 0) is 0 Å². The Kier molecular flexibility index (Phi) is 4.36. The highest BCUT2D eigenvalue weighted by atomic mass is 19.4. The molecular formula is C7H8F8. The van der Waals surface area contributed by atoms with Gasteiger partial charge >= 0.3 is 12.1 Å². The predicted octanol–water partition coefficient (Wildman–Crippen LogP) is 3.61. The number of rotatable bonds is 4. The Morgan fingerprint density at radius 3 is 1.60 bits per heavy atom. The molecular weight excluding hydrogens is 236 g/mol. The number of hydrogen-bond acceptors (Lipinski definition) is 0. The molecule has 0 bridgehead atoms. The summed E-state index contributed by atoms with van der Waals surface area (Å²) in [4.78, 5) is 0. The lowest BCUT2D eigenvalue weighted by atomic mass is 10.0. The van der Waals surface area contributed by atoms with Gasteiger partial charge in [0.05, 0.1) is 0 Å². The summed E-state index contributed by atoms with van der Waals surface area (Å²) in [5.41, 5.74) is 0. The maximum Gasteiger partial charge on any atom is 0.425 e. The third-order valence-electron chi connectivity index (χ3n) is 1.70. The second-order valence-corrected chi connectivity index (χ2v) is 2.90. The van der Waals surface area contributed by atoms with Crippen LogP contribution in [0.15, 0.2) is 0 Å². The van der Waals surface area contributed by atoms with Crippen molar-refractivity contribution in [1.82, 2.24) is 0 Å². The SMILES string of the molecule is CCC(F)C(F)C(F)(F)[C@H](F)C(F)(F)F. The number of hydrogen-bond donors (Lipinski definition) is 0. The molecule has 8 heteroatoms. The zero-order chi connectivity index (χ0) is 12.4. The normalized spacial score (nSPS) is 19.8. The first-order chi connectivity index (χ1) is 6.55. The first-order valence-electron chi connectivity index (χ1n) is 3.91. The zero-order valence-corrected chi connectivity index (χ0v) is 7.46. The Balaban J connectivity index is 4.81. The van der Waals surface area contributed by atoms with E-state index in [1.54, 1.807) is 0 Å². The largest absolute Gasteiger partial charge is 0.425 e. The maximum absolute atomic E-state index is 12.5. The average Bonchev–Trinajstić information content (AvgIpc) is 2.12. The Bertz CT molecular complexity index is 198. The van der Waals surface area contributed by atoms with Crippen molar-refractivity contribution >= 4 is 0 Å². The molecule has 3 atom stereocenters. The topological polar surface area (TPSA) is 0 Å². The van der Waals surface area contributed by atoms with Crippen LogP contribution in [0.1, 0.15) is 13.3 Å². The van der Waals surface area contributed by atoms with Crippen LogP contribution < -0.4 is 0 Å². The molecule has 0 saturated carbocycles. The fraction of sp³-hybridized carbons (Fsp3) is 1.00. The molecule has 0 aromatic carbocycles. The average molecular weight is 244 g/mol. The van der Waals surface area contributed by atoms with Crippen molar-refractivity contribution in [3.8, 4) is 0 Å². The van der Waals surface area contributed by atoms with E-state index < -0.39 is 37.0 Å². The molecule has 0 amide bonds. The molecule has 0 nitrogen and oxygen atoms in total. The molecule has 0 saturated heterocycles. The van der Waals surface area contributed by atoms with Crippen LogP contribution in [0.25, 0.3) is 0 Å². The van der Waals surface area contributed by atoms with Gasteiger partial charge < -0.3 is 0 Å². The van der Waals surface area contributed by atoms with E-state index in [4.69, 9.17) is 0 Å². The fourth-order valence-corrected chi connectivity index (χ4v) is 0.806. The van der Waals surface area contributed by atoms with Crippen molar-refractivity contribution in [1.29, 1.82) is 0 Å². The van der Waals surface area contributed by atoms with Gasteiger partial charge in [-0.25, -0.2) is 13.2 Å². The minimum absolute atomic E-state index is 0.763. The van der Waals surface area contributed by atoms with E-state index in [0.717, 1.165) is 6.92 Å². The second-order valence-electron chi connectivity index (χ2n) is 2.90. The third kappa shape index (κ3) is 3.20. The van der Waals surface area contributed by atoms with E-state index in [0.29, 0.717) is 0 Å². The summed E-state index contributed by atoms with van der Waals surface area (Å²) in [6, 6.07) is 0. The predicted molar refractivity (Wildman–Crippen MR) is 36.0 cm³/mol. The first kappa shape index (κ1) is 14.4. The third-order valence-corrected chi connectivity index (χ3v) is 1.70. The van der Waals surface area contributed by atoms with Crippen LogP contribution in [0.5, 0.6) is 0 Å². The van der Waals surface area contributed by atoms with Gasteiger partial charge in [0, 0.05) is 0 Å². The highest BCUT2D eigenvalue weighted by Gasteiger charge is 2.62. The highest BCUT2D eigenvalue weighted by molar-refractivity contribution is 4.92. The van der Waals surface area contributed by atoms with Crippen molar-refractivity contribution in [3.05, 3.63) is 0 Å². The minimum atomic E-state index is -5.92. The molecule has 0 aliphatic rings. The summed E-state index contributed by atoms with van der Waals surface area (Å²) in [6.07, 6.45) is -18.0. The number of alkyl halides is 8. The molecule has 0 N–H and O–H groups in total. The molecule has 2 unspecified atom stereocenters. The molecule has 0 aliphatic carbocycles. The maximum atomic E-state index is 12.5. The molecule has 0 rings (SSSR count). The molecule has 0 radical (unpaired) electrons. The van der Waals surface area contributed by atoms with Crippen LogP contribution in [0.4, 0.5) is 35.1 Å². The van der Waals surface area contributed by atoms with E-state index >= 15 is 0 Å². The molecule has 0 heterocycles. The smallest absolute Gasteiger partial charge is 0.244 e. The lowest BCUT2D eigenvalue weighted by Gasteiger charge is -2.26. The van der Waals surface area contributed by atoms with Gasteiger partial charge in [0.2, 0.25) is 0 Å². The van der Waals surface area contributed by atoms with Crippen molar-refractivity contribution in [2.45, 2.75) is 44.0 Å². The van der Waals surface area contributed by atoms with Crippen molar-refractivity contribution in [2.75, 3.05) is 0 Å². The van der Waals surface area contributed by atoms with E-state index in [1.165, 1.54) is 0 Å². The fourth-order valence-electron chi connectivity index (χ4n) is 0.806. The van der Waals surface area contributed by atoms with Gasteiger partial charge in [-0.3, -0.25) is 0 Å². The highest BCUT2D eigenvalue weighted by Crippen LogP contribution is 2.40. The van der Waals surface area contributed by atoms with Gasteiger partial charge in [0.1, 0.15) is 6.17 Å². The molecule has 92 valence electrons.